The van der Waals surface area contributed by atoms with Crippen LogP contribution in [0.4, 0.5) is 0 Å². The first-order valence-corrected chi connectivity index (χ1v) is 9.09. The number of hydrogen-bond donors (Lipinski definition) is 0. The van der Waals surface area contributed by atoms with Crippen molar-refractivity contribution in [3.63, 3.8) is 0 Å². The van der Waals surface area contributed by atoms with Gasteiger partial charge in [-0.1, -0.05) is 24.8 Å². The van der Waals surface area contributed by atoms with E-state index in [1.807, 2.05) is 6.08 Å². The molecule has 0 spiro atoms. The Morgan fingerprint density at radius 2 is 1.77 bits per heavy atom. The average molecular weight is 294 g/mol. The van der Waals surface area contributed by atoms with Crippen LogP contribution >= 0.6 is 0 Å². The molecule has 0 radical (unpaired) electrons. The van der Waals surface area contributed by atoms with Gasteiger partial charge >= 0.3 is 0 Å². The molecule has 0 aliphatic heterocycles. The van der Waals surface area contributed by atoms with Crippen LogP contribution in [0.2, 0.25) is 0 Å². The summed E-state index contributed by atoms with van der Waals surface area (Å²) in [5.74, 6) is 6.93. The Balaban J connectivity index is 1.40. The van der Waals surface area contributed by atoms with Crippen molar-refractivity contribution < 1.29 is 4.74 Å². The van der Waals surface area contributed by atoms with Crippen LogP contribution < -0.4 is 4.74 Å². The molecular weight excluding hydrogens is 268 g/mol. The summed E-state index contributed by atoms with van der Waals surface area (Å²) in [6.45, 7) is 6.22. The Bertz CT molecular complexity index is 603. The van der Waals surface area contributed by atoms with E-state index in [-0.39, 0.29) is 5.60 Å². The van der Waals surface area contributed by atoms with Crippen LogP contribution in [0.3, 0.4) is 0 Å². The number of ether oxygens (including phenoxy) is 1. The second-order valence-electron chi connectivity index (χ2n) is 8.48. The van der Waals surface area contributed by atoms with Gasteiger partial charge in [-0.2, -0.15) is 0 Å². The van der Waals surface area contributed by atoms with Crippen LogP contribution in [0.5, 0.6) is 5.75 Å². The third-order valence-corrected chi connectivity index (χ3v) is 7.53. The molecule has 0 amide bonds. The lowest BCUT2D eigenvalue weighted by atomic mass is 9.66. The molecule has 1 aromatic carbocycles. The largest absolute Gasteiger partial charge is 0.487 e. The first kappa shape index (κ1) is 13.2. The zero-order valence-electron chi connectivity index (χ0n) is 13.5. The van der Waals surface area contributed by atoms with Gasteiger partial charge in [0.05, 0.1) is 0 Å². The highest BCUT2D eigenvalue weighted by atomic mass is 16.5. The number of benzene rings is 1. The molecule has 4 fully saturated rings. The lowest BCUT2D eigenvalue weighted by Gasteiger charge is -2.44. The highest BCUT2D eigenvalue weighted by Gasteiger charge is 2.66. The molecule has 4 aliphatic rings. The number of fused-ring (bicyclic) bond motifs is 9. The average Bonchev–Trinajstić information content (AvgIpc) is 3.25. The summed E-state index contributed by atoms with van der Waals surface area (Å²) in [6, 6.07) is 8.46. The molecule has 0 N–H and O–H groups in total. The van der Waals surface area contributed by atoms with Crippen molar-refractivity contribution in [2.24, 2.45) is 35.5 Å². The maximum Gasteiger partial charge on any atom is 0.120 e. The van der Waals surface area contributed by atoms with Crippen molar-refractivity contribution in [3.8, 4) is 5.75 Å². The quantitative estimate of drug-likeness (QED) is 0.699. The minimum Gasteiger partial charge on any atom is -0.487 e. The second-order valence-corrected chi connectivity index (χ2v) is 8.48. The minimum atomic E-state index is 0.0754. The lowest BCUT2D eigenvalue weighted by molar-refractivity contribution is -0.0304. The zero-order valence-corrected chi connectivity index (χ0v) is 13.5. The molecule has 5 rings (SSSR count). The van der Waals surface area contributed by atoms with E-state index in [1.54, 1.807) is 0 Å². The first-order valence-electron chi connectivity index (χ1n) is 9.09. The zero-order chi connectivity index (χ0) is 14.9. The fourth-order valence-electron chi connectivity index (χ4n) is 6.92. The summed E-state index contributed by atoms with van der Waals surface area (Å²) in [5, 5.41) is 0. The fourth-order valence-corrected chi connectivity index (χ4v) is 6.92. The van der Waals surface area contributed by atoms with Crippen LogP contribution in [-0.2, 0) is 0 Å². The molecule has 0 heterocycles. The van der Waals surface area contributed by atoms with Gasteiger partial charge in [-0.25, -0.2) is 0 Å². The monoisotopic (exact) mass is 294 g/mol. The molecule has 1 nitrogen and oxygen atoms in total. The minimum absolute atomic E-state index is 0.0754. The van der Waals surface area contributed by atoms with Crippen molar-refractivity contribution in [3.05, 3.63) is 36.4 Å². The Kier molecular flexibility index (Phi) is 2.64. The Morgan fingerprint density at radius 3 is 2.50 bits per heavy atom. The normalized spacial score (nSPS) is 47.7. The Hall–Kier alpha value is -1.24. The van der Waals surface area contributed by atoms with Crippen LogP contribution in [0.1, 0.15) is 44.6 Å². The topological polar surface area (TPSA) is 9.23 Å². The van der Waals surface area contributed by atoms with Crippen LogP contribution in [0.25, 0.3) is 6.08 Å². The SMILES string of the molecule is C=Cc1ccc(OC2(C)CC3CC2C2C4CCC(C4)C32)cc1. The van der Waals surface area contributed by atoms with Gasteiger partial charge in [-0.15, -0.1) is 0 Å². The van der Waals surface area contributed by atoms with Crippen LogP contribution in [0, 0.1) is 35.5 Å². The summed E-state index contributed by atoms with van der Waals surface area (Å²) in [7, 11) is 0. The third-order valence-electron chi connectivity index (χ3n) is 7.53. The van der Waals surface area contributed by atoms with Gasteiger partial charge in [0.15, 0.2) is 0 Å². The molecule has 1 aromatic rings. The third kappa shape index (κ3) is 1.66. The van der Waals surface area contributed by atoms with Gasteiger partial charge in [-0.3, -0.25) is 0 Å². The lowest BCUT2D eigenvalue weighted by Crippen LogP contribution is -2.46. The van der Waals surface area contributed by atoms with Gasteiger partial charge in [0, 0.05) is 5.92 Å². The van der Waals surface area contributed by atoms with Crippen LogP contribution in [0.15, 0.2) is 30.8 Å². The molecule has 4 aliphatic carbocycles. The van der Waals surface area contributed by atoms with Gasteiger partial charge in [0.1, 0.15) is 11.4 Å². The molecule has 4 saturated carbocycles. The van der Waals surface area contributed by atoms with Crippen molar-refractivity contribution in [1.29, 1.82) is 0 Å². The molecule has 1 heteroatoms. The summed E-state index contributed by atoms with van der Waals surface area (Å²) in [6.07, 6.45) is 9.17. The van der Waals surface area contributed by atoms with E-state index in [0.717, 1.165) is 41.3 Å². The van der Waals surface area contributed by atoms with Crippen LogP contribution in [-0.4, -0.2) is 5.60 Å². The van der Waals surface area contributed by atoms with E-state index in [0.29, 0.717) is 0 Å². The molecule has 7 atom stereocenters. The van der Waals surface area contributed by atoms with E-state index in [2.05, 4.69) is 37.8 Å². The van der Waals surface area contributed by atoms with Crippen molar-refractivity contribution >= 4 is 6.08 Å². The second kappa shape index (κ2) is 4.40. The van der Waals surface area contributed by atoms with Crippen molar-refractivity contribution in [1.82, 2.24) is 0 Å². The molecule has 0 saturated heterocycles. The van der Waals surface area contributed by atoms with Gasteiger partial charge in [0.25, 0.3) is 0 Å². The van der Waals surface area contributed by atoms with Gasteiger partial charge in [-0.05, 0) is 86.3 Å². The van der Waals surface area contributed by atoms with E-state index < -0.39 is 0 Å². The van der Waals surface area contributed by atoms with E-state index in [9.17, 15) is 0 Å². The van der Waals surface area contributed by atoms with Crippen molar-refractivity contribution in [2.45, 2.75) is 44.6 Å². The predicted octanol–water partition coefficient (Wildman–Crippen LogP) is 5.17. The van der Waals surface area contributed by atoms with E-state index in [4.69, 9.17) is 4.74 Å². The highest BCUT2D eigenvalue weighted by Crippen LogP contribution is 2.70. The summed E-state index contributed by atoms with van der Waals surface area (Å²) in [4.78, 5) is 0. The van der Waals surface area contributed by atoms with Crippen molar-refractivity contribution in [2.75, 3.05) is 0 Å². The van der Waals surface area contributed by atoms with E-state index >= 15 is 0 Å². The highest BCUT2D eigenvalue weighted by molar-refractivity contribution is 5.48. The standard InChI is InChI=1S/C21H26O/c1-3-13-4-8-17(9-5-13)22-21(2)12-16-11-18(21)20-15-7-6-14(10-15)19(16)20/h3-5,8-9,14-16,18-20H,1,6-7,10-12H2,2H3. The fraction of sp³-hybridized carbons (Fsp3) is 0.619. The maximum atomic E-state index is 6.58. The first-order chi connectivity index (χ1) is 10.7. The molecular formula is C21H26O. The summed E-state index contributed by atoms with van der Waals surface area (Å²) < 4.78 is 6.58. The van der Waals surface area contributed by atoms with Gasteiger partial charge in [0.2, 0.25) is 0 Å². The smallest absolute Gasteiger partial charge is 0.120 e. The summed E-state index contributed by atoms with van der Waals surface area (Å²) >= 11 is 0. The number of rotatable bonds is 3. The Labute approximate surface area is 133 Å². The molecule has 4 bridgehead atoms. The Morgan fingerprint density at radius 1 is 1.05 bits per heavy atom. The summed E-state index contributed by atoms with van der Waals surface area (Å²) in [5.41, 5.74) is 1.24. The number of hydrogen-bond acceptors (Lipinski definition) is 1. The predicted molar refractivity (Wildman–Crippen MR) is 89.6 cm³/mol. The molecule has 0 aromatic heterocycles. The molecule has 22 heavy (non-hydrogen) atoms. The maximum absolute atomic E-state index is 6.58. The molecule has 7 unspecified atom stereocenters. The molecule has 116 valence electrons. The van der Waals surface area contributed by atoms with E-state index in [1.165, 1.54) is 37.7 Å². The van der Waals surface area contributed by atoms with Gasteiger partial charge < -0.3 is 4.74 Å².